The molecular formula is C13H21N2O6P. The lowest BCUT2D eigenvalue weighted by atomic mass is 10.3. The zero-order valence-corrected chi connectivity index (χ0v) is 13.1. The third-order valence-corrected chi connectivity index (χ3v) is 3.07. The first-order chi connectivity index (χ1) is 10.4. The van der Waals surface area contributed by atoms with Crippen LogP contribution in [0.15, 0.2) is 25.3 Å². The van der Waals surface area contributed by atoms with Crippen molar-refractivity contribution in [2.45, 2.75) is 12.5 Å². The van der Waals surface area contributed by atoms with Gasteiger partial charge in [0, 0.05) is 19.5 Å². The molecule has 2 amide bonds. The lowest BCUT2D eigenvalue weighted by molar-refractivity contribution is -0.120. The van der Waals surface area contributed by atoms with Crippen LogP contribution in [-0.2, 0) is 19.1 Å². The van der Waals surface area contributed by atoms with E-state index in [9.17, 15) is 14.4 Å². The summed E-state index contributed by atoms with van der Waals surface area (Å²) in [6.07, 6.45) is 1.39. The van der Waals surface area contributed by atoms with Gasteiger partial charge in [-0.05, 0) is 12.2 Å². The van der Waals surface area contributed by atoms with Crippen molar-refractivity contribution in [3.8, 4) is 0 Å². The maximum Gasteiger partial charge on any atom is 0.243 e. The number of amides is 2. The number of carbonyl (C=O) groups excluding carboxylic acids is 3. The van der Waals surface area contributed by atoms with Gasteiger partial charge in [0.15, 0.2) is 8.38 Å². The number of ether oxygens (including phenoxy) is 1. The predicted molar refractivity (Wildman–Crippen MR) is 82.0 cm³/mol. The van der Waals surface area contributed by atoms with Gasteiger partial charge in [0.1, 0.15) is 5.78 Å². The average molecular weight is 332 g/mol. The maximum atomic E-state index is 11.3. The molecule has 22 heavy (non-hydrogen) atoms. The second kappa shape index (κ2) is 12.0. The zero-order valence-electron chi connectivity index (χ0n) is 12.2. The van der Waals surface area contributed by atoms with Crippen molar-refractivity contribution >= 4 is 26.0 Å². The number of carbonyl (C=O) groups is 3. The van der Waals surface area contributed by atoms with E-state index in [0.29, 0.717) is 0 Å². The minimum absolute atomic E-state index is 0.0151. The van der Waals surface area contributed by atoms with Crippen molar-refractivity contribution in [2.75, 3.05) is 25.9 Å². The molecule has 0 aromatic rings. The number of hydrogen-bond acceptors (Lipinski definition) is 6. The van der Waals surface area contributed by atoms with E-state index in [1.807, 2.05) is 0 Å². The number of ketones is 1. The molecule has 0 unspecified atom stereocenters. The highest BCUT2D eigenvalue weighted by atomic mass is 31.2. The van der Waals surface area contributed by atoms with Gasteiger partial charge in [0.25, 0.3) is 0 Å². The summed E-state index contributed by atoms with van der Waals surface area (Å²) in [5, 5.41) is 5.05. The second-order valence-electron chi connectivity index (χ2n) is 4.21. The van der Waals surface area contributed by atoms with Crippen LogP contribution in [0, 0.1) is 0 Å². The Hall–Kier alpha value is -1.60. The minimum Gasteiger partial charge on any atom is -0.374 e. The van der Waals surface area contributed by atoms with E-state index in [0.717, 1.165) is 12.2 Å². The molecule has 0 saturated carbocycles. The molecule has 0 aliphatic heterocycles. The highest BCUT2D eigenvalue weighted by Gasteiger charge is 2.13. The van der Waals surface area contributed by atoms with Crippen molar-refractivity contribution < 1.29 is 28.9 Å². The summed E-state index contributed by atoms with van der Waals surface area (Å²) in [5.74, 6) is -1.10. The monoisotopic (exact) mass is 332 g/mol. The van der Waals surface area contributed by atoms with Gasteiger partial charge < -0.3 is 25.2 Å². The number of nitrogens with one attached hydrogen (secondary N) is 2. The molecule has 0 bridgehead atoms. The molecule has 0 rings (SSSR count). The molecule has 0 heterocycles. The third kappa shape index (κ3) is 11.1. The van der Waals surface area contributed by atoms with Crippen LogP contribution < -0.4 is 10.6 Å². The average Bonchev–Trinajstić information content (AvgIpc) is 2.47. The normalized spacial score (nSPS) is 10.4. The maximum absolute atomic E-state index is 11.3. The first-order valence-corrected chi connectivity index (χ1v) is 7.91. The van der Waals surface area contributed by atoms with Crippen LogP contribution in [0.4, 0.5) is 0 Å². The molecule has 0 aliphatic rings. The van der Waals surface area contributed by atoms with Crippen LogP contribution in [0.5, 0.6) is 0 Å². The van der Waals surface area contributed by atoms with E-state index in [1.165, 1.54) is 0 Å². The molecule has 0 aliphatic carbocycles. The Labute approximate surface area is 130 Å². The predicted octanol–water partition coefficient (Wildman–Crippen LogP) is -0.768. The van der Waals surface area contributed by atoms with Crippen molar-refractivity contribution in [1.82, 2.24) is 10.6 Å². The zero-order chi connectivity index (χ0) is 17.0. The summed E-state index contributed by atoms with van der Waals surface area (Å²) < 4.78 is 5.41. The summed E-state index contributed by atoms with van der Waals surface area (Å²) in [6.45, 7) is 6.92. The van der Waals surface area contributed by atoms with E-state index >= 15 is 0 Å². The van der Waals surface area contributed by atoms with Crippen molar-refractivity contribution in [3.05, 3.63) is 25.3 Å². The standard InChI is InChI=1S/C13H21N2O6P/c1-3-12(17)14-7-11(8-15-13(18)4-2)21-6-5-10(16)9-22(19)20/h3-4,11,19-20H,1-2,5-9H2,(H,14,17)(H,15,18). The molecule has 8 nitrogen and oxygen atoms in total. The first kappa shape index (κ1) is 20.4. The van der Waals surface area contributed by atoms with Gasteiger partial charge in [-0.15, -0.1) is 0 Å². The molecule has 0 aromatic heterocycles. The van der Waals surface area contributed by atoms with Crippen LogP contribution in [0.1, 0.15) is 6.42 Å². The molecule has 0 fully saturated rings. The van der Waals surface area contributed by atoms with Gasteiger partial charge in [-0.1, -0.05) is 13.2 Å². The van der Waals surface area contributed by atoms with Crippen molar-refractivity contribution in [1.29, 1.82) is 0 Å². The molecule has 0 radical (unpaired) electrons. The third-order valence-electron chi connectivity index (χ3n) is 2.43. The Morgan fingerprint density at radius 1 is 1.09 bits per heavy atom. The largest absolute Gasteiger partial charge is 0.374 e. The smallest absolute Gasteiger partial charge is 0.243 e. The van der Waals surface area contributed by atoms with Gasteiger partial charge >= 0.3 is 0 Å². The van der Waals surface area contributed by atoms with Gasteiger partial charge in [-0.2, -0.15) is 0 Å². The van der Waals surface area contributed by atoms with Crippen LogP contribution in [0.3, 0.4) is 0 Å². The number of hydrogen-bond donors (Lipinski definition) is 4. The fourth-order valence-electron chi connectivity index (χ4n) is 1.34. The Morgan fingerprint density at radius 2 is 1.59 bits per heavy atom. The fraction of sp³-hybridized carbons (Fsp3) is 0.462. The number of Topliss-reactive ketones (excluding diaryl/α,β-unsaturated/α-hetero) is 1. The van der Waals surface area contributed by atoms with E-state index in [4.69, 9.17) is 14.5 Å². The van der Waals surface area contributed by atoms with Gasteiger partial charge in [-0.3, -0.25) is 14.4 Å². The van der Waals surface area contributed by atoms with Gasteiger partial charge in [0.05, 0.1) is 18.9 Å². The molecule has 0 atom stereocenters. The second-order valence-corrected chi connectivity index (χ2v) is 5.27. The van der Waals surface area contributed by atoms with E-state index in [-0.39, 0.29) is 49.9 Å². The van der Waals surface area contributed by atoms with Crippen LogP contribution >= 0.6 is 8.38 Å². The Kier molecular flexibility index (Phi) is 11.1. The molecular weight excluding hydrogens is 311 g/mol. The van der Waals surface area contributed by atoms with E-state index < -0.39 is 14.5 Å². The summed E-state index contributed by atoms with van der Waals surface area (Å²) in [4.78, 5) is 51.0. The highest BCUT2D eigenvalue weighted by molar-refractivity contribution is 7.46. The highest BCUT2D eigenvalue weighted by Crippen LogP contribution is 2.22. The molecule has 0 aromatic carbocycles. The van der Waals surface area contributed by atoms with E-state index in [1.54, 1.807) is 0 Å². The van der Waals surface area contributed by atoms with Crippen molar-refractivity contribution in [2.24, 2.45) is 0 Å². The lowest BCUT2D eigenvalue weighted by Crippen LogP contribution is -2.41. The first-order valence-electron chi connectivity index (χ1n) is 6.48. The summed E-state index contributed by atoms with van der Waals surface area (Å²) in [7, 11) is -2.25. The molecule has 9 heteroatoms. The van der Waals surface area contributed by atoms with Crippen LogP contribution in [0.2, 0.25) is 0 Å². The molecule has 124 valence electrons. The van der Waals surface area contributed by atoms with E-state index in [2.05, 4.69) is 23.8 Å². The SMILES string of the molecule is C=CC(=O)NCC(CNC(=O)C=C)OCCC(=O)CP(O)O. The van der Waals surface area contributed by atoms with Crippen LogP contribution in [0.25, 0.3) is 0 Å². The van der Waals surface area contributed by atoms with Gasteiger partial charge in [-0.25, -0.2) is 0 Å². The Balaban J connectivity index is 4.23. The quantitative estimate of drug-likeness (QED) is 0.275. The minimum atomic E-state index is -2.25. The summed E-state index contributed by atoms with van der Waals surface area (Å²) in [5.41, 5.74) is 0. The summed E-state index contributed by atoms with van der Waals surface area (Å²) in [6, 6.07) is 0. The topological polar surface area (TPSA) is 125 Å². The Morgan fingerprint density at radius 3 is 2.00 bits per heavy atom. The number of rotatable bonds is 12. The summed E-state index contributed by atoms with van der Waals surface area (Å²) >= 11 is 0. The van der Waals surface area contributed by atoms with Crippen molar-refractivity contribution in [3.63, 3.8) is 0 Å². The Bertz CT molecular complexity index is 389. The molecule has 0 saturated heterocycles. The molecule has 0 spiro atoms. The van der Waals surface area contributed by atoms with Crippen LogP contribution in [-0.4, -0.2) is 59.3 Å². The molecule has 4 N–H and O–H groups in total. The van der Waals surface area contributed by atoms with Gasteiger partial charge in [0.2, 0.25) is 11.8 Å². The fourth-order valence-corrected chi connectivity index (χ4v) is 1.81. The lowest BCUT2D eigenvalue weighted by Gasteiger charge is -2.18.